The predicted molar refractivity (Wildman–Crippen MR) is 89.7 cm³/mol. The number of hydrogen-bond donors (Lipinski definition) is 0. The molecule has 2 atom stereocenters. The number of esters is 1. The molecule has 0 N–H and O–H groups in total. The van der Waals surface area contributed by atoms with E-state index in [0.29, 0.717) is 6.42 Å². The monoisotopic (exact) mass is 339 g/mol. The van der Waals surface area contributed by atoms with E-state index in [-0.39, 0.29) is 18.2 Å². The Bertz CT molecular complexity index is 769. The molecule has 1 aromatic carbocycles. The van der Waals surface area contributed by atoms with Crippen molar-refractivity contribution in [1.82, 2.24) is 4.98 Å². The fourth-order valence-corrected chi connectivity index (χ4v) is 2.66. The van der Waals surface area contributed by atoms with Crippen molar-refractivity contribution >= 4 is 11.7 Å². The number of nitro groups is 1. The van der Waals surface area contributed by atoms with Crippen LogP contribution in [0.2, 0.25) is 0 Å². The number of ether oxygens (including phenoxy) is 1. The van der Waals surface area contributed by atoms with E-state index in [4.69, 9.17) is 4.74 Å². The van der Waals surface area contributed by atoms with Gasteiger partial charge in [0.2, 0.25) is 0 Å². The molecule has 0 aliphatic carbocycles. The van der Waals surface area contributed by atoms with Crippen LogP contribution in [0, 0.1) is 21.4 Å². The molecule has 0 amide bonds. The molecule has 0 bridgehead atoms. The van der Waals surface area contributed by atoms with Gasteiger partial charge in [0, 0.05) is 37.4 Å². The van der Waals surface area contributed by atoms with Crippen molar-refractivity contribution < 1.29 is 14.5 Å². The highest BCUT2D eigenvalue weighted by molar-refractivity contribution is 5.65. The van der Waals surface area contributed by atoms with E-state index < -0.39 is 16.8 Å². The second-order valence-corrected chi connectivity index (χ2v) is 5.48. The standard InChI is InChI=1S/C18H17N3O4/c1-13(22)25-10-8-17(14-4-6-16(7-5-14)21(23)24)18(11-19)15-3-2-9-20-12-15/h2-7,9,12,17-18H,8,10H2,1H3/t17-,18+/m0/s1. The number of nitrogens with zero attached hydrogens (tertiary/aromatic N) is 3. The molecule has 0 fully saturated rings. The minimum Gasteiger partial charge on any atom is -0.466 e. The van der Waals surface area contributed by atoms with Crippen molar-refractivity contribution in [2.24, 2.45) is 0 Å². The zero-order valence-corrected chi connectivity index (χ0v) is 13.7. The van der Waals surface area contributed by atoms with Crippen molar-refractivity contribution in [2.45, 2.75) is 25.2 Å². The smallest absolute Gasteiger partial charge is 0.302 e. The highest BCUT2D eigenvalue weighted by Crippen LogP contribution is 2.35. The van der Waals surface area contributed by atoms with Crippen LogP contribution in [0.5, 0.6) is 0 Å². The van der Waals surface area contributed by atoms with Crippen LogP contribution in [0.4, 0.5) is 5.69 Å². The molecule has 7 heteroatoms. The van der Waals surface area contributed by atoms with E-state index in [1.165, 1.54) is 19.1 Å². The van der Waals surface area contributed by atoms with E-state index in [0.717, 1.165) is 11.1 Å². The lowest BCUT2D eigenvalue weighted by atomic mass is 9.81. The highest BCUT2D eigenvalue weighted by atomic mass is 16.6. The molecule has 0 aliphatic rings. The number of nitro benzene ring substituents is 1. The molecule has 1 aromatic heterocycles. The van der Waals surface area contributed by atoms with Crippen LogP contribution >= 0.6 is 0 Å². The van der Waals surface area contributed by atoms with Crippen LogP contribution < -0.4 is 0 Å². The summed E-state index contributed by atoms with van der Waals surface area (Å²) in [7, 11) is 0. The Morgan fingerprint density at radius 2 is 2.04 bits per heavy atom. The van der Waals surface area contributed by atoms with Gasteiger partial charge in [-0.15, -0.1) is 0 Å². The lowest BCUT2D eigenvalue weighted by molar-refractivity contribution is -0.384. The normalized spacial score (nSPS) is 12.6. The van der Waals surface area contributed by atoms with E-state index >= 15 is 0 Å². The third kappa shape index (κ3) is 4.85. The number of hydrogen-bond acceptors (Lipinski definition) is 6. The van der Waals surface area contributed by atoms with Crippen molar-refractivity contribution in [3.05, 3.63) is 70.0 Å². The van der Waals surface area contributed by atoms with Gasteiger partial charge in [0.05, 0.1) is 23.5 Å². The average Bonchev–Trinajstić information content (AvgIpc) is 2.62. The molecule has 128 valence electrons. The van der Waals surface area contributed by atoms with Gasteiger partial charge < -0.3 is 4.74 Å². The number of benzene rings is 1. The summed E-state index contributed by atoms with van der Waals surface area (Å²) in [5.74, 6) is -1.18. The predicted octanol–water partition coefficient (Wildman–Crippen LogP) is 3.33. The molecule has 1 heterocycles. The molecule has 7 nitrogen and oxygen atoms in total. The van der Waals surface area contributed by atoms with E-state index in [2.05, 4.69) is 11.1 Å². The lowest BCUT2D eigenvalue weighted by Gasteiger charge is -2.22. The highest BCUT2D eigenvalue weighted by Gasteiger charge is 2.26. The lowest BCUT2D eigenvalue weighted by Crippen LogP contribution is -2.14. The van der Waals surface area contributed by atoms with Gasteiger partial charge in [-0.05, 0) is 23.6 Å². The fourth-order valence-electron chi connectivity index (χ4n) is 2.66. The first-order valence-electron chi connectivity index (χ1n) is 7.70. The van der Waals surface area contributed by atoms with Crippen molar-refractivity contribution in [2.75, 3.05) is 6.61 Å². The summed E-state index contributed by atoms with van der Waals surface area (Å²) < 4.78 is 5.01. The molecule has 0 aliphatic heterocycles. The number of pyridine rings is 1. The summed E-state index contributed by atoms with van der Waals surface area (Å²) in [6.45, 7) is 1.49. The molecular weight excluding hydrogens is 322 g/mol. The van der Waals surface area contributed by atoms with Gasteiger partial charge in [-0.3, -0.25) is 19.9 Å². The second-order valence-electron chi connectivity index (χ2n) is 5.48. The summed E-state index contributed by atoms with van der Waals surface area (Å²) in [4.78, 5) is 25.4. The van der Waals surface area contributed by atoms with Crippen molar-refractivity contribution in [3.8, 4) is 6.07 Å². The quantitative estimate of drug-likeness (QED) is 0.435. The summed E-state index contributed by atoms with van der Waals surface area (Å²) in [6, 6.07) is 11.9. The van der Waals surface area contributed by atoms with Gasteiger partial charge in [0.1, 0.15) is 0 Å². The zero-order valence-electron chi connectivity index (χ0n) is 13.7. The maximum Gasteiger partial charge on any atom is 0.302 e. The van der Waals surface area contributed by atoms with Crippen LogP contribution in [0.3, 0.4) is 0 Å². The molecule has 0 radical (unpaired) electrons. The van der Waals surface area contributed by atoms with Crippen LogP contribution in [0.15, 0.2) is 48.8 Å². The Kier molecular flexibility index (Phi) is 6.18. The molecule has 0 unspecified atom stereocenters. The number of rotatable bonds is 7. The van der Waals surface area contributed by atoms with Crippen molar-refractivity contribution in [3.63, 3.8) is 0 Å². The third-order valence-corrected chi connectivity index (χ3v) is 3.85. The summed E-state index contributed by atoms with van der Waals surface area (Å²) in [6.07, 6.45) is 3.67. The Balaban J connectivity index is 2.32. The third-order valence-electron chi connectivity index (χ3n) is 3.85. The van der Waals surface area contributed by atoms with E-state index in [9.17, 15) is 20.2 Å². The zero-order chi connectivity index (χ0) is 18.2. The minimum absolute atomic E-state index is 0.0163. The summed E-state index contributed by atoms with van der Waals surface area (Å²) >= 11 is 0. The summed E-state index contributed by atoms with van der Waals surface area (Å²) in [5, 5.41) is 20.5. The Hall–Kier alpha value is -3.27. The van der Waals surface area contributed by atoms with Gasteiger partial charge >= 0.3 is 5.97 Å². The molecular formula is C18H17N3O4. The number of non-ortho nitro benzene ring substituents is 1. The Morgan fingerprint density at radius 3 is 2.56 bits per heavy atom. The molecule has 0 saturated heterocycles. The topological polar surface area (TPSA) is 106 Å². The minimum atomic E-state index is -0.509. The van der Waals surface area contributed by atoms with E-state index in [1.54, 1.807) is 30.6 Å². The van der Waals surface area contributed by atoms with Crippen LogP contribution in [0.1, 0.15) is 36.3 Å². The van der Waals surface area contributed by atoms with Crippen LogP contribution in [-0.4, -0.2) is 22.5 Å². The maximum atomic E-state index is 11.0. The van der Waals surface area contributed by atoms with Crippen LogP contribution in [-0.2, 0) is 9.53 Å². The molecule has 2 aromatic rings. The van der Waals surface area contributed by atoms with Gasteiger partial charge in [0.25, 0.3) is 5.69 Å². The Labute approximate surface area is 145 Å². The van der Waals surface area contributed by atoms with Gasteiger partial charge in [-0.25, -0.2) is 0 Å². The number of aromatic nitrogens is 1. The number of carbonyl (C=O) groups excluding carboxylic acids is 1. The average molecular weight is 339 g/mol. The van der Waals surface area contributed by atoms with Gasteiger partial charge in [0.15, 0.2) is 0 Å². The first kappa shape index (κ1) is 18.1. The van der Waals surface area contributed by atoms with Gasteiger partial charge in [-0.1, -0.05) is 18.2 Å². The molecule has 2 rings (SSSR count). The van der Waals surface area contributed by atoms with Crippen LogP contribution in [0.25, 0.3) is 0 Å². The Morgan fingerprint density at radius 1 is 1.32 bits per heavy atom. The maximum absolute atomic E-state index is 11.0. The molecule has 25 heavy (non-hydrogen) atoms. The van der Waals surface area contributed by atoms with Gasteiger partial charge in [-0.2, -0.15) is 5.26 Å². The van der Waals surface area contributed by atoms with Crippen molar-refractivity contribution in [1.29, 1.82) is 5.26 Å². The van der Waals surface area contributed by atoms with E-state index in [1.807, 2.05) is 6.07 Å². The second kappa shape index (κ2) is 8.55. The largest absolute Gasteiger partial charge is 0.466 e. The first-order valence-corrected chi connectivity index (χ1v) is 7.70. The first-order chi connectivity index (χ1) is 12.0. The fraction of sp³-hybridized carbons (Fsp3) is 0.278. The molecule has 0 spiro atoms. The summed E-state index contributed by atoms with van der Waals surface area (Å²) in [5.41, 5.74) is 1.50. The SMILES string of the molecule is CC(=O)OCC[C@@H](c1ccc([N+](=O)[O-])cc1)[C@H](C#N)c1cccnc1. The molecule has 0 saturated carbocycles. The number of carbonyl (C=O) groups is 1. The number of nitriles is 1.